The van der Waals surface area contributed by atoms with E-state index in [0.717, 1.165) is 45.5 Å². The van der Waals surface area contributed by atoms with Crippen LogP contribution < -0.4 is 5.32 Å². The van der Waals surface area contributed by atoms with Gasteiger partial charge in [-0.1, -0.05) is 0 Å². The molecule has 2 aliphatic rings. The summed E-state index contributed by atoms with van der Waals surface area (Å²) in [5.74, 6) is 0.866. The molecule has 0 aromatic carbocycles. The Morgan fingerprint density at radius 2 is 2.17 bits per heavy atom. The van der Waals surface area contributed by atoms with E-state index in [1.165, 1.54) is 18.4 Å². The molecule has 0 unspecified atom stereocenters. The summed E-state index contributed by atoms with van der Waals surface area (Å²) in [6.07, 6.45) is 10.0. The van der Waals surface area contributed by atoms with E-state index < -0.39 is 0 Å². The van der Waals surface area contributed by atoms with Crippen molar-refractivity contribution in [2.45, 2.75) is 51.2 Å². The van der Waals surface area contributed by atoms with Crippen molar-refractivity contribution in [2.75, 3.05) is 26.2 Å². The SMILES string of the molecule is O=C(CCC1CCN(Cc2ccoc2)CC1)NC[C@@H]1CCCO1. The molecule has 0 bridgehead atoms. The molecule has 1 amide bonds. The molecule has 5 nitrogen and oxygen atoms in total. The molecule has 0 radical (unpaired) electrons. The summed E-state index contributed by atoms with van der Waals surface area (Å²) in [6.45, 7) is 4.74. The van der Waals surface area contributed by atoms with Crippen molar-refractivity contribution in [3.05, 3.63) is 24.2 Å². The Kier molecular flexibility index (Phi) is 6.11. The van der Waals surface area contributed by atoms with E-state index in [-0.39, 0.29) is 12.0 Å². The molecule has 1 aromatic heterocycles. The lowest BCUT2D eigenvalue weighted by Crippen LogP contribution is -2.34. The molecule has 1 N–H and O–H groups in total. The van der Waals surface area contributed by atoms with Gasteiger partial charge in [0.05, 0.1) is 18.6 Å². The minimum Gasteiger partial charge on any atom is -0.472 e. The number of likely N-dealkylation sites (tertiary alicyclic amines) is 1. The number of rotatable bonds is 7. The number of carbonyl (C=O) groups excluding carboxylic acids is 1. The summed E-state index contributed by atoms with van der Waals surface area (Å²) >= 11 is 0. The number of carbonyl (C=O) groups is 1. The highest BCUT2D eigenvalue weighted by atomic mass is 16.5. The Labute approximate surface area is 138 Å². The van der Waals surface area contributed by atoms with Crippen molar-refractivity contribution >= 4 is 5.91 Å². The van der Waals surface area contributed by atoms with E-state index in [0.29, 0.717) is 18.9 Å². The zero-order valence-corrected chi connectivity index (χ0v) is 13.8. The zero-order chi connectivity index (χ0) is 15.9. The second-order valence-electron chi connectivity index (χ2n) is 6.83. The van der Waals surface area contributed by atoms with E-state index in [1.54, 1.807) is 6.26 Å². The quantitative estimate of drug-likeness (QED) is 0.839. The Hall–Kier alpha value is -1.33. The topological polar surface area (TPSA) is 54.7 Å². The molecule has 1 atom stereocenters. The van der Waals surface area contributed by atoms with Gasteiger partial charge in [-0.05, 0) is 57.2 Å². The van der Waals surface area contributed by atoms with E-state index in [9.17, 15) is 4.79 Å². The van der Waals surface area contributed by atoms with Crippen molar-refractivity contribution in [2.24, 2.45) is 5.92 Å². The van der Waals surface area contributed by atoms with Crippen LogP contribution in [0.1, 0.15) is 44.1 Å². The Morgan fingerprint density at radius 3 is 2.87 bits per heavy atom. The number of nitrogens with one attached hydrogen (secondary N) is 1. The number of hydrogen-bond acceptors (Lipinski definition) is 4. The van der Waals surface area contributed by atoms with Gasteiger partial charge in [-0.2, -0.15) is 0 Å². The molecule has 1 aromatic rings. The van der Waals surface area contributed by atoms with Gasteiger partial charge < -0.3 is 14.5 Å². The fourth-order valence-electron chi connectivity index (χ4n) is 3.53. The standard InChI is InChI=1S/C18H28N2O3/c21-18(19-12-17-2-1-10-23-17)4-3-15-5-8-20(9-6-15)13-16-7-11-22-14-16/h7,11,14-15,17H,1-6,8-10,12-13H2,(H,19,21)/t17-/m0/s1. The highest BCUT2D eigenvalue weighted by Gasteiger charge is 2.21. The second-order valence-corrected chi connectivity index (χ2v) is 6.83. The number of nitrogens with zero attached hydrogens (tertiary/aromatic N) is 1. The van der Waals surface area contributed by atoms with Crippen molar-refractivity contribution in [1.82, 2.24) is 10.2 Å². The number of piperidine rings is 1. The molecule has 3 rings (SSSR count). The van der Waals surface area contributed by atoms with Crippen LogP contribution in [0.3, 0.4) is 0 Å². The summed E-state index contributed by atoms with van der Waals surface area (Å²) in [5.41, 5.74) is 1.25. The first-order valence-electron chi connectivity index (χ1n) is 8.91. The average Bonchev–Trinajstić information content (AvgIpc) is 3.26. The third-order valence-electron chi connectivity index (χ3n) is 5.02. The Bertz CT molecular complexity index is 461. The lowest BCUT2D eigenvalue weighted by molar-refractivity contribution is -0.122. The summed E-state index contributed by atoms with van der Waals surface area (Å²) in [6, 6.07) is 2.03. The molecule has 2 aliphatic heterocycles. The number of hydrogen-bond donors (Lipinski definition) is 1. The first-order valence-corrected chi connectivity index (χ1v) is 8.91. The molecule has 2 fully saturated rings. The highest BCUT2D eigenvalue weighted by molar-refractivity contribution is 5.75. The molecule has 0 spiro atoms. The van der Waals surface area contributed by atoms with Crippen LogP contribution >= 0.6 is 0 Å². The van der Waals surface area contributed by atoms with Crippen LogP contribution in [0, 0.1) is 5.92 Å². The van der Waals surface area contributed by atoms with Crippen molar-refractivity contribution in [3.8, 4) is 0 Å². The van der Waals surface area contributed by atoms with Gasteiger partial charge in [-0.25, -0.2) is 0 Å². The van der Waals surface area contributed by atoms with Gasteiger partial charge in [0.2, 0.25) is 5.91 Å². The Balaban J connectivity index is 1.27. The van der Waals surface area contributed by atoms with E-state index in [1.807, 2.05) is 12.3 Å². The smallest absolute Gasteiger partial charge is 0.220 e. The molecule has 3 heterocycles. The molecule has 23 heavy (non-hydrogen) atoms. The zero-order valence-electron chi connectivity index (χ0n) is 13.8. The fraction of sp³-hybridized carbons (Fsp3) is 0.722. The fourth-order valence-corrected chi connectivity index (χ4v) is 3.53. The summed E-state index contributed by atoms with van der Waals surface area (Å²) in [4.78, 5) is 14.4. The van der Waals surface area contributed by atoms with Crippen LogP contribution in [0.4, 0.5) is 0 Å². The lowest BCUT2D eigenvalue weighted by Gasteiger charge is -2.31. The van der Waals surface area contributed by atoms with Gasteiger partial charge in [0.25, 0.3) is 0 Å². The van der Waals surface area contributed by atoms with Crippen molar-refractivity contribution < 1.29 is 13.9 Å². The maximum absolute atomic E-state index is 11.9. The third-order valence-corrected chi connectivity index (χ3v) is 5.02. The van der Waals surface area contributed by atoms with Crippen molar-refractivity contribution in [3.63, 3.8) is 0 Å². The van der Waals surface area contributed by atoms with Gasteiger partial charge in [0, 0.05) is 31.7 Å². The van der Waals surface area contributed by atoms with Gasteiger partial charge in [0.1, 0.15) is 0 Å². The number of furan rings is 1. The van der Waals surface area contributed by atoms with E-state index in [2.05, 4.69) is 10.2 Å². The van der Waals surface area contributed by atoms with Crippen molar-refractivity contribution in [1.29, 1.82) is 0 Å². The molecule has 0 aliphatic carbocycles. The molecule has 5 heteroatoms. The molecule has 128 valence electrons. The van der Waals surface area contributed by atoms with Crippen LogP contribution in [-0.4, -0.2) is 43.2 Å². The monoisotopic (exact) mass is 320 g/mol. The van der Waals surface area contributed by atoms with Gasteiger partial charge in [0.15, 0.2) is 0 Å². The van der Waals surface area contributed by atoms with Crippen LogP contribution in [0.15, 0.2) is 23.0 Å². The van der Waals surface area contributed by atoms with Gasteiger partial charge in [-0.3, -0.25) is 9.69 Å². The lowest BCUT2D eigenvalue weighted by atomic mass is 9.92. The molecule has 2 saturated heterocycles. The summed E-state index contributed by atoms with van der Waals surface area (Å²) in [7, 11) is 0. The van der Waals surface area contributed by atoms with Crippen LogP contribution in [0.25, 0.3) is 0 Å². The largest absolute Gasteiger partial charge is 0.472 e. The maximum Gasteiger partial charge on any atom is 0.220 e. The highest BCUT2D eigenvalue weighted by Crippen LogP contribution is 2.23. The van der Waals surface area contributed by atoms with Crippen LogP contribution in [0.2, 0.25) is 0 Å². The van der Waals surface area contributed by atoms with Gasteiger partial charge in [-0.15, -0.1) is 0 Å². The predicted molar refractivity (Wildman–Crippen MR) is 87.9 cm³/mol. The van der Waals surface area contributed by atoms with Gasteiger partial charge >= 0.3 is 0 Å². The number of amides is 1. The second kappa shape index (κ2) is 8.50. The van der Waals surface area contributed by atoms with Crippen LogP contribution in [-0.2, 0) is 16.1 Å². The first kappa shape index (κ1) is 16.5. The molecular formula is C18H28N2O3. The minimum atomic E-state index is 0.182. The Morgan fingerprint density at radius 1 is 1.30 bits per heavy atom. The summed E-state index contributed by atoms with van der Waals surface area (Å²) < 4.78 is 10.6. The average molecular weight is 320 g/mol. The third kappa shape index (κ3) is 5.36. The molecular weight excluding hydrogens is 292 g/mol. The normalized spacial score (nSPS) is 23.2. The minimum absolute atomic E-state index is 0.182. The molecule has 0 saturated carbocycles. The first-order chi connectivity index (χ1) is 11.3. The predicted octanol–water partition coefficient (Wildman–Crippen LogP) is 2.57. The number of ether oxygens (including phenoxy) is 1. The van der Waals surface area contributed by atoms with E-state index >= 15 is 0 Å². The maximum atomic E-state index is 11.9. The van der Waals surface area contributed by atoms with Crippen LogP contribution in [0.5, 0.6) is 0 Å². The summed E-state index contributed by atoms with van der Waals surface area (Å²) in [5, 5.41) is 3.02. The van der Waals surface area contributed by atoms with E-state index in [4.69, 9.17) is 9.15 Å².